The Hall–Kier alpha value is -2.10. The zero-order valence-electron chi connectivity index (χ0n) is 10.7. The van der Waals surface area contributed by atoms with Crippen molar-refractivity contribution >= 4 is 11.5 Å². The quantitative estimate of drug-likeness (QED) is 0.322. The first-order valence-corrected chi connectivity index (χ1v) is 5.74. The molecule has 0 saturated carbocycles. The molecule has 0 amide bonds. The van der Waals surface area contributed by atoms with Gasteiger partial charge in [-0.05, 0) is 38.1 Å². The van der Waals surface area contributed by atoms with Crippen molar-refractivity contribution in [3.8, 4) is 5.75 Å². The summed E-state index contributed by atoms with van der Waals surface area (Å²) in [4.78, 5) is 16.8. The zero-order valence-corrected chi connectivity index (χ0v) is 10.7. The third kappa shape index (κ3) is 4.05. The van der Waals surface area contributed by atoms with Crippen LogP contribution in [0.5, 0.6) is 5.75 Å². The van der Waals surface area contributed by atoms with Crippen molar-refractivity contribution in [1.82, 2.24) is 0 Å². The Kier molecular flexibility index (Phi) is 5.64. The van der Waals surface area contributed by atoms with Crippen LogP contribution < -0.4 is 4.74 Å². The number of ketones is 1. The summed E-state index contributed by atoms with van der Waals surface area (Å²) in [6, 6.07) is 6.88. The minimum absolute atomic E-state index is 0.154. The van der Waals surface area contributed by atoms with Crippen LogP contribution in [0.3, 0.4) is 0 Å². The highest BCUT2D eigenvalue weighted by Gasteiger charge is 2.10. The Labute approximate surface area is 107 Å². The highest BCUT2D eigenvalue weighted by molar-refractivity contribution is 6.45. The summed E-state index contributed by atoms with van der Waals surface area (Å²) in [7, 11) is 0. The predicted octanol–water partition coefficient (Wildman–Crippen LogP) is 2.85. The van der Waals surface area contributed by atoms with Crippen molar-refractivity contribution in [2.45, 2.75) is 13.8 Å². The molecular weight excluding hydrogens is 230 g/mol. The van der Waals surface area contributed by atoms with Crippen molar-refractivity contribution in [2.24, 2.45) is 5.16 Å². The van der Waals surface area contributed by atoms with Crippen LogP contribution in [-0.2, 0) is 4.84 Å². The lowest BCUT2D eigenvalue weighted by molar-refractivity contribution is 0.105. The molecule has 0 aromatic heterocycles. The average Bonchev–Trinajstić information content (AvgIpc) is 2.42. The van der Waals surface area contributed by atoms with Crippen molar-refractivity contribution in [2.75, 3.05) is 13.2 Å². The lowest BCUT2D eigenvalue weighted by Gasteiger charge is -2.04. The highest BCUT2D eigenvalue weighted by atomic mass is 16.6. The molecule has 1 rings (SSSR count). The molecular formula is C14H17NO3. The molecule has 0 heterocycles. The molecule has 0 saturated heterocycles. The highest BCUT2D eigenvalue weighted by Crippen LogP contribution is 2.13. The van der Waals surface area contributed by atoms with E-state index in [0.717, 1.165) is 0 Å². The van der Waals surface area contributed by atoms with Crippen LogP contribution >= 0.6 is 0 Å². The third-order valence-electron chi connectivity index (χ3n) is 2.14. The van der Waals surface area contributed by atoms with Crippen LogP contribution in [0.15, 0.2) is 42.1 Å². The molecule has 0 spiro atoms. The smallest absolute Gasteiger partial charge is 0.210 e. The normalized spacial score (nSPS) is 10.9. The Morgan fingerprint density at radius 1 is 1.39 bits per heavy atom. The van der Waals surface area contributed by atoms with Gasteiger partial charge in [0.2, 0.25) is 5.78 Å². The number of carbonyl (C=O) groups excluding carboxylic acids is 1. The molecule has 0 unspecified atom stereocenters. The molecule has 1 aromatic carbocycles. The average molecular weight is 247 g/mol. The number of ether oxygens (including phenoxy) is 1. The van der Waals surface area contributed by atoms with Gasteiger partial charge in [0.05, 0.1) is 0 Å². The maximum absolute atomic E-state index is 11.9. The lowest BCUT2D eigenvalue weighted by atomic mass is 10.1. The first-order valence-electron chi connectivity index (χ1n) is 5.74. The van der Waals surface area contributed by atoms with E-state index < -0.39 is 0 Å². The van der Waals surface area contributed by atoms with Gasteiger partial charge < -0.3 is 9.57 Å². The van der Waals surface area contributed by atoms with E-state index >= 15 is 0 Å². The van der Waals surface area contributed by atoms with Crippen LogP contribution in [-0.4, -0.2) is 24.7 Å². The Balaban J connectivity index is 2.72. The predicted molar refractivity (Wildman–Crippen MR) is 71.2 cm³/mol. The monoisotopic (exact) mass is 247 g/mol. The molecule has 0 radical (unpaired) electrons. The van der Waals surface area contributed by atoms with Gasteiger partial charge in [-0.2, -0.15) is 0 Å². The van der Waals surface area contributed by atoms with Gasteiger partial charge in [0.25, 0.3) is 0 Å². The fourth-order valence-corrected chi connectivity index (χ4v) is 1.27. The standard InChI is InChI=1S/C14H17NO3/c1-4-10-17-13-8-6-12(7-9-13)14(16)11(3)15-18-5-2/h4,6-9H,1,5,10H2,2-3H3. The van der Waals surface area contributed by atoms with Gasteiger partial charge in [0, 0.05) is 5.56 Å². The first kappa shape index (κ1) is 14.0. The van der Waals surface area contributed by atoms with Crippen molar-refractivity contribution < 1.29 is 14.4 Å². The van der Waals surface area contributed by atoms with E-state index in [-0.39, 0.29) is 5.78 Å². The van der Waals surface area contributed by atoms with Gasteiger partial charge >= 0.3 is 0 Å². The van der Waals surface area contributed by atoms with E-state index in [4.69, 9.17) is 9.57 Å². The Morgan fingerprint density at radius 2 is 2.06 bits per heavy atom. The maximum atomic E-state index is 11.9. The number of benzene rings is 1. The molecule has 0 bridgehead atoms. The van der Waals surface area contributed by atoms with Crippen LogP contribution in [0.2, 0.25) is 0 Å². The van der Waals surface area contributed by atoms with Gasteiger partial charge in [-0.3, -0.25) is 4.79 Å². The molecule has 96 valence electrons. The molecule has 4 nitrogen and oxygen atoms in total. The summed E-state index contributed by atoms with van der Waals surface area (Å²) >= 11 is 0. The summed E-state index contributed by atoms with van der Waals surface area (Å²) in [5, 5.41) is 3.71. The zero-order chi connectivity index (χ0) is 13.4. The second-order valence-corrected chi connectivity index (χ2v) is 3.55. The molecule has 1 aromatic rings. The molecule has 18 heavy (non-hydrogen) atoms. The SMILES string of the molecule is C=CCOc1ccc(C(=O)C(C)=NOCC)cc1. The lowest BCUT2D eigenvalue weighted by Crippen LogP contribution is -2.11. The molecule has 4 heteroatoms. The number of oxime groups is 1. The summed E-state index contributed by atoms with van der Waals surface area (Å²) in [6.45, 7) is 7.89. The van der Waals surface area contributed by atoms with Gasteiger partial charge in [0.1, 0.15) is 24.7 Å². The van der Waals surface area contributed by atoms with Crippen molar-refractivity contribution in [3.63, 3.8) is 0 Å². The minimum atomic E-state index is -0.154. The number of hydrogen-bond donors (Lipinski definition) is 0. The Morgan fingerprint density at radius 3 is 2.61 bits per heavy atom. The number of nitrogens with zero attached hydrogens (tertiary/aromatic N) is 1. The first-order chi connectivity index (χ1) is 8.69. The Bertz CT molecular complexity index is 435. The molecule has 0 aliphatic heterocycles. The van der Waals surface area contributed by atoms with Crippen LogP contribution in [0, 0.1) is 0 Å². The van der Waals surface area contributed by atoms with E-state index in [0.29, 0.717) is 30.2 Å². The van der Waals surface area contributed by atoms with Gasteiger partial charge in [-0.1, -0.05) is 17.8 Å². The maximum Gasteiger partial charge on any atom is 0.210 e. The largest absolute Gasteiger partial charge is 0.490 e. The molecule has 0 N–H and O–H groups in total. The summed E-state index contributed by atoms with van der Waals surface area (Å²) in [6.07, 6.45) is 1.66. The van der Waals surface area contributed by atoms with E-state index in [9.17, 15) is 4.79 Å². The molecule has 0 atom stereocenters. The molecule has 0 fully saturated rings. The van der Waals surface area contributed by atoms with Crippen molar-refractivity contribution in [3.05, 3.63) is 42.5 Å². The van der Waals surface area contributed by atoms with Gasteiger partial charge in [0.15, 0.2) is 0 Å². The topological polar surface area (TPSA) is 47.9 Å². The van der Waals surface area contributed by atoms with E-state index in [2.05, 4.69) is 11.7 Å². The number of Topliss-reactive ketones (excluding diaryl/α,β-unsaturated/α-hetero) is 1. The van der Waals surface area contributed by atoms with Crippen LogP contribution in [0.1, 0.15) is 24.2 Å². The minimum Gasteiger partial charge on any atom is -0.490 e. The van der Waals surface area contributed by atoms with Gasteiger partial charge in [-0.25, -0.2) is 0 Å². The fourth-order valence-electron chi connectivity index (χ4n) is 1.27. The van der Waals surface area contributed by atoms with Crippen molar-refractivity contribution in [1.29, 1.82) is 0 Å². The fraction of sp³-hybridized carbons (Fsp3) is 0.286. The van der Waals surface area contributed by atoms with Crippen LogP contribution in [0.25, 0.3) is 0 Å². The number of rotatable bonds is 7. The van der Waals surface area contributed by atoms with E-state index in [1.54, 1.807) is 37.3 Å². The second-order valence-electron chi connectivity index (χ2n) is 3.55. The molecule has 0 aliphatic rings. The van der Waals surface area contributed by atoms with Crippen LogP contribution in [0.4, 0.5) is 0 Å². The second kappa shape index (κ2) is 7.27. The van der Waals surface area contributed by atoms with E-state index in [1.807, 2.05) is 6.92 Å². The summed E-state index contributed by atoms with van der Waals surface area (Å²) in [5.74, 6) is 0.546. The molecule has 0 aliphatic carbocycles. The van der Waals surface area contributed by atoms with Gasteiger partial charge in [-0.15, -0.1) is 0 Å². The third-order valence-corrected chi connectivity index (χ3v) is 2.14. The number of hydrogen-bond acceptors (Lipinski definition) is 4. The van der Waals surface area contributed by atoms with E-state index in [1.165, 1.54) is 0 Å². The number of carbonyl (C=O) groups is 1. The summed E-state index contributed by atoms with van der Waals surface area (Å²) < 4.78 is 5.33. The summed E-state index contributed by atoms with van der Waals surface area (Å²) in [5.41, 5.74) is 0.888.